The van der Waals surface area contributed by atoms with Gasteiger partial charge in [0.1, 0.15) is 6.54 Å². The largest absolute Gasteiger partial charge is 0.406 e. The summed E-state index contributed by atoms with van der Waals surface area (Å²) in [6, 6.07) is -1.18. The van der Waals surface area contributed by atoms with Crippen LogP contribution in [0.4, 0.5) is 13.2 Å². The molecular weight excluding hydrogens is 233 g/mol. The van der Waals surface area contributed by atoms with Gasteiger partial charge in [-0.1, -0.05) is 20.8 Å². The number of hydrogen-bond acceptors (Lipinski definition) is 2. The van der Waals surface area contributed by atoms with Gasteiger partial charge in [-0.2, -0.15) is 13.2 Å². The molecule has 0 radical (unpaired) electrons. The van der Waals surface area contributed by atoms with Gasteiger partial charge >= 0.3 is 6.18 Å². The van der Waals surface area contributed by atoms with Crippen LogP contribution in [0.1, 0.15) is 33.6 Å². The van der Waals surface area contributed by atoms with Gasteiger partial charge in [0.25, 0.3) is 0 Å². The maximum absolute atomic E-state index is 12.4. The van der Waals surface area contributed by atoms with E-state index in [0.717, 1.165) is 4.90 Å². The highest BCUT2D eigenvalue weighted by atomic mass is 19.4. The van der Waals surface area contributed by atoms with Gasteiger partial charge in [-0.3, -0.25) is 4.79 Å². The summed E-state index contributed by atoms with van der Waals surface area (Å²) in [5.41, 5.74) is 5.19. The average molecular weight is 252 g/mol. The summed E-state index contributed by atoms with van der Waals surface area (Å²) in [7, 11) is 0. The number of halogens is 3. The zero-order chi connectivity index (χ0) is 13.4. The number of nitrogens with two attached hydrogens (primary N) is 1. The standard InChI is InChI=1S/C11H19F3N2O/c1-10(2,3)8(15)9(17)16(7-4-5-7)6-11(12,13)14/h7-8H,4-6,15H2,1-3H3/t8-/m0/s1. The van der Waals surface area contributed by atoms with Crippen LogP contribution >= 0.6 is 0 Å². The predicted octanol–water partition coefficient (Wildman–Crippen LogP) is 1.91. The van der Waals surface area contributed by atoms with Gasteiger partial charge in [0.2, 0.25) is 5.91 Å². The topological polar surface area (TPSA) is 46.3 Å². The molecule has 0 heterocycles. The van der Waals surface area contributed by atoms with Crippen molar-refractivity contribution >= 4 is 5.91 Å². The SMILES string of the molecule is CC(C)(C)[C@@H](N)C(=O)N(CC(F)(F)F)C1CC1. The molecule has 0 bridgehead atoms. The van der Waals surface area contributed by atoms with E-state index in [9.17, 15) is 18.0 Å². The third kappa shape index (κ3) is 4.18. The Morgan fingerprint density at radius 2 is 1.82 bits per heavy atom. The highest BCUT2D eigenvalue weighted by Gasteiger charge is 2.43. The van der Waals surface area contributed by atoms with E-state index >= 15 is 0 Å². The second-order valence-corrected chi connectivity index (χ2v) is 5.66. The van der Waals surface area contributed by atoms with Gasteiger partial charge in [0, 0.05) is 6.04 Å². The van der Waals surface area contributed by atoms with Crippen molar-refractivity contribution < 1.29 is 18.0 Å². The fourth-order valence-electron chi connectivity index (χ4n) is 1.52. The minimum atomic E-state index is -4.37. The first-order chi connectivity index (χ1) is 7.52. The Labute approximate surface area is 99.1 Å². The molecule has 0 aromatic carbocycles. The maximum Gasteiger partial charge on any atom is 0.406 e. The Kier molecular flexibility index (Phi) is 3.76. The number of carbonyl (C=O) groups excluding carboxylic acids is 1. The molecule has 1 rings (SSSR count). The summed E-state index contributed by atoms with van der Waals surface area (Å²) < 4.78 is 37.1. The second-order valence-electron chi connectivity index (χ2n) is 5.66. The Bertz CT molecular complexity index is 292. The molecule has 0 unspecified atom stereocenters. The summed E-state index contributed by atoms with van der Waals surface area (Å²) in [4.78, 5) is 12.8. The van der Waals surface area contributed by atoms with E-state index in [2.05, 4.69) is 0 Å². The maximum atomic E-state index is 12.4. The van der Waals surface area contributed by atoms with Crippen molar-refractivity contribution in [2.24, 2.45) is 11.1 Å². The first kappa shape index (κ1) is 14.3. The van der Waals surface area contributed by atoms with Crippen LogP contribution in [0.15, 0.2) is 0 Å². The zero-order valence-electron chi connectivity index (χ0n) is 10.3. The molecule has 0 aromatic heterocycles. The van der Waals surface area contributed by atoms with Gasteiger partial charge in [-0.25, -0.2) is 0 Å². The van der Waals surface area contributed by atoms with Gasteiger partial charge in [0.05, 0.1) is 6.04 Å². The lowest BCUT2D eigenvalue weighted by molar-refractivity contribution is -0.164. The number of nitrogens with zero attached hydrogens (tertiary/aromatic N) is 1. The van der Waals surface area contributed by atoms with E-state index < -0.39 is 30.1 Å². The first-order valence-corrected chi connectivity index (χ1v) is 5.65. The Morgan fingerprint density at radius 3 is 2.12 bits per heavy atom. The van der Waals surface area contributed by atoms with Gasteiger partial charge in [-0.05, 0) is 18.3 Å². The number of amides is 1. The summed E-state index contributed by atoms with van der Waals surface area (Å²) in [5.74, 6) is -0.600. The molecule has 1 amide bonds. The van der Waals surface area contributed by atoms with Gasteiger partial charge in [-0.15, -0.1) is 0 Å². The summed E-state index contributed by atoms with van der Waals surface area (Å²) in [6.07, 6.45) is -3.09. The van der Waals surface area contributed by atoms with Crippen molar-refractivity contribution in [2.75, 3.05) is 6.54 Å². The molecule has 1 atom stereocenters. The highest BCUT2D eigenvalue weighted by Crippen LogP contribution is 2.32. The van der Waals surface area contributed by atoms with Crippen LogP contribution in [0, 0.1) is 5.41 Å². The van der Waals surface area contributed by atoms with E-state index in [1.54, 1.807) is 20.8 Å². The van der Waals surface area contributed by atoms with E-state index in [1.807, 2.05) is 0 Å². The van der Waals surface area contributed by atoms with E-state index in [1.165, 1.54) is 0 Å². The van der Waals surface area contributed by atoms with Crippen molar-refractivity contribution in [2.45, 2.75) is 51.9 Å². The average Bonchev–Trinajstić information content (AvgIpc) is 2.92. The fourth-order valence-corrected chi connectivity index (χ4v) is 1.52. The number of rotatable bonds is 3. The minimum Gasteiger partial charge on any atom is -0.329 e. The predicted molar refractivity (Wildman–Crippen MR) is 58.2 cm³/mol. The molecule has 100 valence electrons. The monoisotopic (exact) mass is 252 g/mol. The fraction of sp³-hybridized carbons (Fsp3) is 0.909. The van der Waals surface area contributed by atoms with Crippen molar-refractivity contribution in [3.63, 3.8) is 0 Å². The molecule has 0 aromatic rings. The molecule has 0 aliphatic heterocycles. The van der Waals surface area contributed by atoms with Crippen LogP contribution in [0.3, 0.4) is 0 Å². The van der Waals surface area contributed by atoms with Crippen LogP contribution in [-0.4, -0.2) is 35.6 Å². The van der Waals surface area contributed by atoms with Crippen molar-refractivity contribution in [1.82, 2.24) is 4.90 Å². The van der Waals surface area contributed by atoms with Gasteiger partial charge in [0.15, 0.2) is 0 Å². The molecule has 17 heavy (non-hydrogen) atoms. The Morgan fingerprint density at radius 1 is 1.35 bits per heavy atom. The van der Waals surface area contributed by atoms with Gasteiger partial charge < -0.3 is 10.6 Å². The van der Waals surface area contributed by atoms with Crippen molar-refractivity contribution in [3.8, 4) is 0 Å². The molecule has 2 N–H and O–H groups in total. The molecule has 1 fully saturated rings. The quantitative estimate of drug-likeness (QED) is 0.834. The lowest BCUT2D eigenvalue weighted by Crippen LogP contribution is -2.53. The zero-order valence-corrected chi connectivity index (χ0v) is 10.3. The molecule has 1 aliphatic rings. The summed E-state index contributed by atoms with van der Waals surface area (Å²) >= 11 is 0. The second kappa shape index (κ2) is 4.48. The molecule has 0 saturated heterocycles. The van der Waals surface area contributed by atoms with Crippen LogP contribution in [0.5, 0.6) is 0 Å². The smallest absolute Gasteiger partial charge is 0.329 e. The molecule has 1 aliphatic carbocycles. The van der Waals surface area contributed by atoms with E-state index in [-0.39, 0.29) is 6.04 Å². The minimum absolute atomic E-state index is 0.280. The van der Waals surface area contributed by atoms with Crippen LogP contribution in [0.25, 0.3) is 0 Å². The third-order valence-corrected chi connectivity index (χ3v) is 2.82. The van der Waals surface area contributed by atoms with Crippen molar-refractivity contribution in [1.29, 1.82) is 0 Å². The lowest BCUT2D eigenvalue weighted by Gasteiger charge is -2.32. The summed E-state index contributed by atoms with van der Waals surface area (Å²) in [5, 5.41) is 0. The number of hydrogen-bond donors (Lipinski definition) is 1. The molecular formula is C11H19F3N2O. The van der Waals surface area contributed by atoms with E-state index in [4.69, 9.17) is 5.73 Å². The summed E-state index contributed by atoms with van der Waals surface area (Å²) in [6.45, 7) is 4.04. The molecule has 6 heteroatoms. The molecule has 3 nitrogen and oxygen atoms in total. The number of alkyl halides is 3. The van der Waals surface area contributed by atoms with Crippen molar-refractivity contribution in [3.05, 3.63) is 0 Å². The van der Waals surface area contributed by atoms with Crippen LogP contribution in [-0.2, 0) is 4.79 Å². The normalized spacial score (nSPS) is 19.0. The Hall–Kier alpha value is -0.780. The highest BCUT2D eigenvalue weighted by molar-refractivity contribution is 5.83. The van der Waals surface area contributed by atoms with Crippen LogP contribution in [0.2, 0.25) is 0 Å². The van der Waals surface area contributed by atoms with E-state index in [0.29, 0.717) is 12.8 Å². The first-order valence-electron chi connectivity index (χ1n) is 5.65. The molecule has 1 saturated carbocycles. The third-order valence-electron chi connectivity index (χ3n) is 2.82. The van der Waals surface area contributed by atoms with Crippen LogP contribution < -0.4 is 5.73 Å². The lowest BCUT2D eigenvalue weighted by atomic mass is 9.86. The molecule has 0 spiro atoms. The number of carbonyl (C=O) groups is 1. The Balaban J connectivity index is 2.74.